The fourth-order valence-electron chi connectivity index (χ4n) is 5.19. The van der Waals surface area contributed by atoms with Gasteiger partial charge in [-0.05, 0) is 59.6 Å². The lowest BCUT2D eigenvalue weighted by molar-refractivity contribution is -0.136. The van der Waals surface area contributed by atoms with Gasteiger partial charge in [-0.1, -0.05) is 30.3 Å². The molecule has 1 fully saturated rings. The summed E-state index contributed by atoms with van der Waals surface area (Å²) in [4.78, 5) is 38.1. The smallest absolute Gasteiger partial charge is 0.255 e. The fourth-order valence-corrected chi connectivity index (χ4v) is 5.19. The number of benzene rings is 2. The van der Waals surface area contributed by atoms with Gasteiger partial charge in [-0.25, -0.2) is 0 Å². The molecule has 0 aromatic heterocycles. The van der Waals surface area contributed by atoms with Gasteiger partial charge in [-0.15, -0.1) is 0 Å². The van der Waals surface area contributed by atoms with Crippen molar-refractivity contribution in [3.8, 4) is 0 Å². The molecule has 2 atom stereocenters. The van der Waals surface area contributed by atoms with Crippen molar-refractivity contribution in [3.63, 3.8) is 0 Å². The Labute approximate surface area is 187 Å². The highest BCUT2D eigenvalue weighted by Crippen LogP contribution is 2.32. The Kier molecular flexibility index (Phi) is 5.53. The highest BCUT2D eigenvalue weighted by Gasteiger charge is 2.39. The van der Waals surface area contributed by atoms with Crippen molar-refractivity contribution in [1.82, 2.24) is 15.5 Å². The molecule has 2 aliphatic heterocycles. The highest BCUT2D eigenvalue weighted by molar-refractivity contribution is 6.05. The van der Waals surface area contributed by atoms with Gasteiger partial charge in [-0.2, -0.15) is 0 Å². The maximum absolute atomic E-state index is 12.9. The molecule has 2 heterocycles. The van der Waals surface area contributed by atoms with E-state index >= 15 is 0 Å². The number of hydrogen-bond acceptors (Lipinski definition) is 5. The van der Waals surface area contributed by atoms with E-state index in [4.69, 9.17) is 5.73 Å². The van der Waals surface area contributed by atoms with E-state index in [1.165, 1.54) is 16.7 Å². The van der Waals surface area contributed by atoms with Crippen LogP contribution in [0, 0.1) is 0 Å². The van der Waals surface area contributed by atoms with Gasteiger partial charge in [-0.3, -0.25) is 19.7 Å². The Morgan fingerprint density at radius 1 is 1.00 bits per heavy atom. The van der Waals surface area contributed by atoms with Gasteiger partial charge in [0.2, 0.25) is 11.8 Å². The lowest BCUT2D eigenvalue weighted by Gasteiger charge is -2.29. The number of amides is 3. The average molecular weight is 433 g/mol. The van der Waals surface area contributed by atoms with Crippen LogP contribution in [-0.2, 0) is 35.6 Å². The Hall–Kier alpha value is -3.03. The molecule has 0 spiro atoms. The van der Waals surface area contributed by atoms with Gasteiger partial charge in [0.05, 0.1) is 0 Å². The number of imide groups is 1. The molecule has 166 valence electrons. The molecule has 2 aromatic carbocycles. The summed E-state index contributed by atoms with van der Waals surface area (Å²) in [5, 5.41) is 6.04. The predicted molar refractivity (Wildman–Crippen MR) is 119 cm³/mol. The summed E-state index contributed by atoms with van der Waals surface area (Å²) in [6.45, 7) is 1.68. The van der Waals surface area contributed by atoms with Crippen LogP contribution in [0.25, 0.3) is 0 Å². The van der Waals surface area contributed by atoms with Gasteiger partial charge in [0.15, 0.2) is 0 Å². The number of carbonyl (C=O) groups is 3. The first-order valence-electron chi connectivity index (χ1n) is 11.3. The van der Waals surface area contributed by atoms with Gasteiger partial charge < -0.3 is 16.0 Å². The second-order valence-corrected chi connectivity index (χ2v) is 8.95. The number of rotatable bonds is 5. The van der Waals surface area contributed by atoms with Crippen molar-refractivity contribution in [3.05, 3.63) is 69.8 Å². The summed E-state index contributed by atoms with van der Waals surface area (Å²) in [6, 6.07) is 12.2. The molecule has 0 radical (unpaired) electrons. The molecular formula is C25H28N4O3. The Morgan fingerprint density at radius 3 is 2.62 bits per heavy atom. The molecule has 0 saturated carbocycles. The van der Waals surface area contributed by atoms with Crippen LogP contribution in [0.4, 0.5) is 0 Å². The van der Waals surface area contributed by atoms with Crippen molar-refractivity contribution < 1.29 is 14.4 Å². The molecule has 5 rings (SSSR count). The van der Waals surface area contributed by atoms with Gasteiger partial charge >= 0.3 is 0 Å². The number of nitrogens with two attached hydrogens (primary N) is 1. The van der Waals surface area contributed by atoms with Gasteiger partial charge in [0.25, 0.3) is 5.91 Å². The lowest BCUT2D eigenvalue weighted by atomic mass is 9.86. The molecule has 3 amide bonds. The predicted octanol–water partition coefficient (Wildman–Crippen LogP) is 2.07. The maximum atomic E-state index is 12.9. The zero-order valence-corrected chi connectivity index (χ0v) is 18.0. The molecule has 7 nitrogen and oxygen atoms in total. The second kappa shape index (κ2) is 8.48. The van der Waals surface area contributed by atoms with Crippen LogP contribution >= 0.6 is 0 Å². The van der Waals surface area contributed by atoms with Crippen LogP contribution in [-0.4, -0.2) is 28.7 Å². The molecule has 1 aliphatic carbocycles. The first-order valence-corrected chi connectivity index (χ1v) is 11.3. The van der Waals surface area contributed by atoms with E-state index in [1.54, 1.807) is 4.90 Å². The van der Waals surface area contributed by atoms with E-state index in [1.807, 2.05) is 12.1 Å². The van der Waals surface area contributed by atoms with E-state index in [0.29, 0.717) is 37.7 Å². The van der Waals surface area contributed by atoms with Gasteiger partial charge in [0, 0.05) is 37.7 Å². The summed E-state index contributed by atoms with van der Waals surface area (Å²) in [5.74, 6) is -0.781. The molecule has 3 aliphatic rings. The van der Waals surface area contributed by atoms with Crippen LogP contribution in [0.15, 0.2) is 36.4 Å². The number of nitrogens with one attached hydrogen (secondary N) is 2. The molecule has 7 heteroatoms. The first kappa shape index (κ1) is 20.8. The summed E-state index contributed by atoms with van der Waals surface area (Å²) in [7, 11) is 0. The minimum Gasteiger partial charge on any atom is -0.326 e. The maximum Gasteiger partial charge on any atom is 0.255 e. The molecule has 2 aromatic rings. The molecule has 32 heavy (non-hydrogen) atoms. The quantitative estimate of drug-likeness (QED) is 0.628. The summed E-state index contributed by atoms with van der Waals surface area (Å²) in [5.41, 5.74) is 12.4. The number of piperidine rings is 1. The monoisotopic (exact) mass is 432 g/mol. The minimum absolute atomic E-state index is 0.133. The van der Waals surface area contributed by atoms with Crippen LogP contribution in [0.5, 0.6) is 0 Å². The summed E-state index contributed by atoms with van der Waals surface area (Å²) >= 11 is 0. The number of carbonyl (C=O) groups excluding carboxylic acids is 3. The number of fused-ring (bicyclic) bond motifs is 2. The summed E-state index contributed by atoms with van der Waals surface area (Å²) < 4.78 is 0. The normalized spacial score (nSPS) is 22.5. The van der Waals surface area contributed by atoms with Gasteiger partial charge in [0.1, 0.15) is 6.04 Å². The molecule has 1 saturated heterocycles. The zero-order valence-electron chi connectivity index (χ0n) is 18.0. The first-order chi connectivity index (χ1) is 15.5. The standard InChI is InChI=1S/C25H28N4O3/c26-12-15-4-6-19-17(10-15)2-1-3-21(19)27-13-16-5-7-20-18(11-16)14-29(25(20)32)22-8-9-23(30)28-24(22)31/h4-7,10-11,21-22,27H,1-3,8-9,12-14,26H2,(H,28,30,31). The van der Waals surface area contributed by atoms with Crippen LogP contribution < -0.4 is 16.4 Å². The van der Waals surface area contributed by atoms with E-state index in [2.05, 4.69) is 34.9 Å². The molecule has 4 N–H and O–H groups in total. The van der Waals surface area contributed by atoms with Crippen molar-refractivity contribution in [2.24, 2.45) is 5.73 Å². The molecule has 2 unspecified atom stereocenters. The van der Waals surface area contributed by atoms with E-state index < -0.39 is 6.04 Å². The van der Waals surface area contributed by atoms with Crippen LogP contribution in [0.3, 0.4) is 0 Å². The van der Waals surface area contributed by atoms with Crippen molar-refractivity contribution in [2.45, 2.75) is 63.8 Å². The summed E-state index contributed by atoms with van der Waals surface area (Å²) in [6.07, 6.45) is 3.99. The minimum atomic E-state index is -0.577. The number of hydrogen-bond donors (Lipinski definition) is 3. The third-order valence-electron chi connectivity index (χ3n) is 6.90. The topological polar surface area (TPSA) is 105 Å². The van der Waals surface area contributed by atoms with E-state index in [-0.39, 0.29) is 24.1 Å². The SMILES string of the molecule is NCc1ccc2c(c1)CCCC2NCc1ccc2c(c1)CN(C1CCC(=O)NC1=O)C2=O. The highest BCUT2D eigenvalue weighted by atomic mass is 16.2. The largest absolute Gasteiger partial charge is 0.326 e. The van der Waals surface area contributed by atoms with Crippen molar-refractivity contribution in [2.75, 3.05) is 0 Å². The van der Waals surface area contributed by atoms with Crippen LogP contribution in [0.2, 0.25) is 0 Å². The molecule has 0 bridgehead atoms. The third-order valence-corrected chi connectivity index (χ3v) is 6.90. The lowest BCUT2D eigenvalue weighted by Crippen LogP contribution is -2.52. The third kappa shape index (κ3) is 3.82. The second-order valence-electron chi connectivity index (χ2n) is 8.95. The average Bonchev–Trinajstić information content (AvgIpc) is 3.12. The van der Waals surface area contributed by atoms with Crippen molar-refractivity contribution in [1.29, 1.82) is 0 Å². The Morgan fingerprint density at radius 2 is 1.81 bits per heavy atom. The Bertz CT molecular complexity index is 1100. The number of aryl methyl sites for hydroxylation is 1. The Balaban J connectivity index is 1.27. The fraction of sp³-hybridized carbons (Fsp3) is 0.400. The van der Waals surface area contributed by atoms with Crippen LogP contribution in [0.1, 0.15) is 69.9 Å². The molecular weight excluding hydrogens is 404 g/mol. The zero-order chi connectivity index (χ0) is 22.2. The van der Waals surface area contributed by atoms with Crippen molar-refractivity contribution >= 4 is 17.7 Å². The number of nitrogens with zero attached hydrogens (tertiary/aromatic N) is 1. The van der Waals surface area contributed by atoms with E-state index in [0.717, 1.165) is 30.4 Å². The van der Waals surface area contributed by atoms with E-state index in [9.17, 15) is 14.4 Å².